The third kappa shape index (κ3) is 2.72. The maximum Gasteiger partial charge on any atom is 0.273 e. The number of allylic oxidation sites excluding steroid dienone is 1. The molecule has 0 aliphatic heterocycles. The number of anilines is 1. The summed E-state index contributed by atoms with van der Waals surface area (Å²) in [7, 11) is -3.85. The molecule has 1 rings (SSSR count). The van der Waals surface area contributed by atoms with E-state index in [2.05, 4.69) is 4.72 Å². The van der Waals surface area contributed by atoms with Gasteiger partial charge in [0.15, 0.2) is 4.91 Å². The Morgan fingerprint density at radius 2 is 2.00 bits per heavy atom. The minimum absolute atomic E-state index is 0.382. The zero-order valence-electron chi connectivity index (χ0n) is 7.71. The van der Waals surface area contributed by atoms with Crippen LogP contribution in [0.5, 0.6) is 0 Å². The van der Waals surface area contributed by atoms with E-state index in [1.165, 1.54) is 6.07 Å². The molecule has 0 bridgehead atoms. The molecule has 0 spiro atoms. The molecule has 0 fully saturated rings. The lowest BCUT2D eigenvalue weighted by Gasteiger charge is -2.05. The Hall–Kier alpha value is -2.00. The van der Waals surface area contributed by atoms with Gasteiger partial charge in [0.1, 0.15) is 6.07 Å². The number of nitriles is 1. The number of nitrogens with zero attached hydrogens (tertiary/aromatic N) is 1. The number of hydrogen-bond donors (Lipinski definition) is 2. The fourth-order valence-electron chi connectivity index (χ4n) is 0.903. The number of nitrogens with one attached hydrogen (secondary N) is 1. The van der Waals surface area contributed by atoms with E-state index >= 15 is 0 Å². The quantitative estimate of drug-likeness (QED) is 0.739. The van der Waals surface area contributed by atoms with Crippen LogP contribution in [0.2, 0.25) is 0 Å². The van der Waals surface area contributed by atoms with Gasteiger partial charge in [0.05, 0.1) is 0 Å². The summed E-state index contributed by atoms with van der Waals surface area (Å²) >= 11 is 0. The molecule has 1 aromatic rings. The predicted octanol–water partition coefficient (Wildman–Crippen LogP) is 0.752. The van der Waals surface area contributed by atoms with Crippen LogP contribution >= 0.6 is 0 Å². The van der Waals surface area contributed by atoms with Gasteiger partial charge in [-0.05, 0) is 12.1 Å². The topological polar surface area (TPSA) is 96.0 Å². The summed E-state index contributed by atoms with van der Waals surface area (Å²) in [6.45, 7) is 0. The van der Waals surface area contributed by atoms with Crippen molar-refractivity contribution in [2.45, 2.75) is 0 Å². The minimum atomic E-state index is -3.85. The lowest BCUT2D eigenvalue weighted by atomic mass is 10.3. The Morgan fingerprint density at radius 3 is 2.47 bits per heavy atom. The Kier molecular flexibility index (Phi) is 3.31. The molecule has 0 saturated heterocycles. The van der Waals surface area contributed by atoms with Crippen LogP contribution in [0.4, 0.5) is 5.69 Å². The van der Waals surface area contributed by atoms with Crippen LogP contribution in [0.25, 0.3) is 0 Å². The van der Waals surface area contributed by atoms with Gasteiger partial charge in [-0.2, -0.15) is 5.26 Å². The summed E-state index contributed by atoms with van der Waals surface area (Å²) < 4.78 is 25.2. The van der Waals surface area contributed by atoms with Crippen molar-refractivity contribution in [2.75, 3.05) is 4.72 Å². The van der Waals surface area contributed by atoms with Gasteiger partial charge in [0.2, 0.25) is 0 Å². The number of sulfonamides is 1. The van der Waals surface area contributed by atoms with Crippen LogP contribution < -0.4 is 10.5 Å². The molecule has 1 aromatic carbocycles. The van der Waals surface area contributed by atoms with Gasteiger partial charge in [-0.15, -0.1) is 0 Å². The summed E-state index contributed by atoms with van der Waals surface area (Å²) in [5, 5.41) is 8.52. The Balaban J connectivity index is 2.98. The van der Waals surface area contributed by atoms with Crippen LogP contribution in [0.1, 0.15) is 0 Å². The van der Waals surface area contributed by atoms with E-state index in [-0.39, 0.29) is 0 Å². The average molecular weight is 223 g/mol. The van der Waals surface area contributed by atoms with Crippen molar-refractivity contribution < 1.29 is 8.42 Å². The largest absolute Gasteiger partial charge is 0.403 e. The average Bonchev–Trinajstić information content (AvgIpc) is 2.19. The van der Waals surface area contributed by atoms with Crippen molar-refractivity contribution in [2.24, 2.45) is 5.73 Å². The molecule has 3 N–H and O–H groups in total. The lowest BCUT2D eigenvalue weighted by molar-refractivity contribution is 0.608. The van der Waals surface area contributed by atoms with Gasteiger partial charge in [0.25, 0.3) is 10.0 Å². The van der Waals surface area contributed by atoms with Crippen molar-refractivity contribution in [3.8, 4) is 6.07 Å². The third-order valence-corrected chi connectivity index (χ3v) is 2.89. The fraction of sp³-hybridized carbons (Fsp3) is 0. The molecule has 0 saturated carbocycles. The molecule has 5 nitrogen and oxygen atoms in total. The molecule has 0 aliphatic carbocycles. The Labute approximate surface area is 87.9 Å². The van der Waals surface area contributed by atoms with Crippen LogP contribution in [-0.4, -0.2) is 8.42 Å². The van der Waals surface area contributed by atoms with Crippen molar-refractivity contribution in [3.63, 3.8) is 0 Å². The highest BCUT2D eigenvalue weighted by atomic mass is 32.2. The van der Waals surface area contributed by atoms with Gasteiger partial charge in [-0.3, -0.25) is 4.72 Å². The zero-order valence-corrected chi connectivity index (χ0v) is 8.53. The van der Waals surface area contributed by atoms with Gasteiger partial charge in [0, 0.05) is 11.9 Å². The van der Waals surface area contributed by atoms with Gasteiger partial charge < -0.3 is 5.73 Å². The van der Waals surface area contributed by atoms with Crippen LogP contribution in [0.15, 0.2) is 41.4 Å². The van der Waals surface area contributed by atoms with E-state index in [9.17, 15) is 8.42 Å². The van der Waals surface area contributed by atoms with Crippen LogP contribution in [0.3, 0.4) is 0 Å². The summed E-state index contributed by atoms with van der Waals surface area (Å²) in [6.07, 6.45) is 0.755. The molecule has 0 heterocycles. The highest BCUT2D eigenvalue weighted by Crippen LogP contribution is 2.12. The molecular formula is C9H9N3O2S. The first-order valence-corrected chi connectivity index (χ1v) is 5.48. The Bertz CT molecular complexity index is 500. The van der Waals surface area contributed by atoms with E-state index < -0.39 is 14.9 Å². The van der Waals surface area contributed by atoms with Crippen molar-refractivity contribution in [1.82, 2.24) is 0 Å². The normalized spacial score (nSPS) is 11.8. The zero-order chi connectivity index (χ0) is 11.3. The highest BCUT2D eigenvalue weighted by Gasteiger charge is 2.16. The second-order valence-corrected chi connectivity index (χ2v) is 4.27. The van der Waals surface area contributed by atoms with Crippen LogP contribution in [0, 0.1) is 11.3 Å². The Morgan fingerprint density at radius 1 is 1.40 bits per heavy atom. The summed E-state index contributed by atoms with van der Waals surface area (Å²) in [5.74, 6) is 0. The SMILES string of the molecule is N#C/C(=C\N)S(=O)(=O)Nc1ccccc1. The van der Waals surface area contributed by atoms with Gasteiger partial charge >= 0.3 is 0 Å². The molecule has 0 radical (unpaired) electrons. The maximum absolute atomic E-state index is 11.5. The van der Waals surface area contributed by atoms with Gasteiger partial charge in [-0.25, -0.2) is 8.42 Å². The minimum Gasteiger partial charge on any atom is -0.403 e. The molecule has 0 aromatic heterocycles. The molecule has 0 atom stereocenters. The summed E-state index contributed by atoms with van der Waals surface area (Å²) in [6, 6.07) is 9.75. The van der Waals surface area contributed by atoms with Gasteiger partial charge in [-0.1, -0.05) is 18.2 Å². The lowest BCUT2D eigenvalue weighted by Crippen LogP contribution is -2.15. The molecule has 6 heteroatoms. The standard InChI is InChI=1S/C9H9N3O2S/c10-6-9(7-11)15(13,14)12-8-4-2-1-3-5-8/h1-6,12H,10H2/b9-6+. The smallest absolute Gasteiger partial charge is 0.273 e. The molecular weight excluding hydrogens is 214 g/mol. The van der Waals surface area contributed by atoms with E-state index in [4.69, 9.17) is 11.0 Å². The molecule has 0 amide bonds. The predicted molar refractivity (Wildman–Crippen MR) is 56.9 cm³/mol. The van der Waals surface area contributed by atoms with Crippen molar-refractivity contribution >= 4 is 15.7 Å². The maximum atomic E-state index is 11.5. The van der Waals surface area contributed by atoms with E-state index in [0.29, 0.717) is 5.69 Å². The highest BCUT2D eigenvalue weighted by molar-refractivity contribution is 7.96. The second-order valence-electron chi connectivity index (χ2n) is 2.61. The van der Waals surface area contributed by atoms with Crippen molar-refractivity contribution in [3.05, 3.63) is 41.4 Å². The third-order valence-electron chi connectivity index (χ3n) is 1.58. The van der Waals surface area contributed by atoms with Crippen LogP contribution in [-0.2, 0) is 10.0 Å². The number of nitrogens with two attached hydrogens (primary N) is 1. The number of benzene rings is 1. The number of hydrogen-bond acceptors (Lipinski definition) is 4. The molecule has 0 aliphatic rings. The first kappa shape index (κ1) is 11.1. The van der Waals surface area contributed by atoms with E-state index in [1.807, 2.05) is 0 Å². The van der Waals surface area contributed by atoms with Crippen molar-refractivity contribution in [1.29, 1.82) is 5.26 Å². The fourth-order valence-corrected chi connectivity index (χ4v) is 1.76. The summed E-state index contributed by atoms with van der Waals surface area (Å²) in [5.41, 5.74) is 5.40. The molecule has 15 heavy (non-hydrogen) atoms. The number of rotatable bonds is 3. The first-order valence-electron chi connectivity index (χ1n) is 4.00. The van der Waals surface area contributed by atoms with E-state index in [1.54, 1.807) is 30.3 Å². The summed E-state index contributed by atoms with van der Waals surface area (Å²) in [4.78, 5) is -0.508. The molecule has 0 unspecified atom stereocenters. The number of para-hydroxylation sites is 1. The second kappa shape index (κ2) is 4.48. The van der Waals surface area contributed by atoms with E-state index in [0.717, 1.165) is 6.20 Å². The first-order chi connectivity index (χ1) is 7.10. The molecule has 78 valence electrons. The monoisotopic (exact) mass is 223 g/mol.